The average molecular weight is 602 g/mol. The Morgan fingerprint density at radius 2 is 1.63 bits per heavy atom. The Morgan fingerprint density at radius 1 is 0.930 bits per heavy atom. The van der Waals surface area contributed by atoms with Gasteiger partial charge in [0, 0.05) is 6.54 Å². The number of hydrogen-bond acceptors (Lipinski definition) is 6. The van der Waals surface area contributed by atoms with E-state index in [0.29, 0.717) is 37.2 Å². The van der Waals surface area contributed by atoms with Crippen LogP contribution in [0.1, 0.15) is 119 Å². The lowest BCUT2D eigenvalue weighted by Crippen LogP contribution is -2.51. The molecular weight excluding hydrogens is 538 g/mol. The summed E-state index contributed by atoms with van der Waals surface area (Å²) in [7, 11) is 0. The van der Waals surface area contributed by atoms with E-state index in [1.54, 1.807) is 24.3 Å². The molecular formula is C37H63NO5. The van der Waals surface area contributed by atoms with E-state index < -0.39 is 0 Å². The van der Waals surface area contributed by atoms with Gasteiger partial charge in [0.1, 0.15) is 0 Å². The van der Waals surface area contributed by atoms with Crippen LogP contribution >= 0.6 is 0 Å². The minimum absolute atomic E-state index is 0.0740. The quantitative estimate of drug-likeness (QED) is 0.141. The Bertz CT molecular complexity index is 943. The molecule has 0 aromatic rings. The first-order valence-corrected chi connectivity index (χ1v) is 17.9. The zero-order valence-electron chi connectivity index (χ0n) is 28.6. The van der Waals surface area contributed by atoms with Gasteiger partial charge in [0.25, 0.3) is 0 Å². The SMILES string of the molecule is CCOC(=O)CN(CCO[C@H]1CC[C@@]2(C)C(=CCC3C2CC[C@@]2(C)C3CC[C@@H]2[C@H](C)CCCC(C)C)C1)CC(=O)OCC. The first kappa shape index (κ1) is 34.5. The van der Waals surface area contributed by atoms with E-state index in [1.165, 1.54) is 57.8 Å². The van der Waals surface area contributed by atoms with Gasteiger partial charge in [-0.25, -0.2) is 0 Å². The lowest BCUT2D eigenvalue weighted by molar-refractivity contribution is -0.148. The molecule has 0 amide bonds. The molecule has 0 heterocycles. The summed E-state index contributed by atoms with van der Waals surface area (Å²) in [5.74, 6) is 4.48. The molecule has 0 saturated heterocycles. The second-order valence-corrected chi connectivity index (χ2v) is 15.3. The van der Waals surface area contributed by atoms with E-state index in [1.807, 2.05) is 0 Å². The van der Waals surface area contributed by atoms with Crippen LogP contribution in [0.2, 0.25) is 0 Å². The Morgan fingerprint density at radius 3 is 2.28 bits per heavy atom. The van der Waals surface area contributed by atoms with Crippen molar-refractivity contribution in [2.75, 3.05) is 39.5 Å². The van der Waals surface area contributed by atoms with Crippen LogP contribution in [-0.4, -0.2) is 62.4 Å². The van der Waals surface area contributed by atoms with Crippen molar-refractivity contribution in [3.05, 3.63) is 11.6 Å². The Labute approximate surface area is 263 Å². The van der Waals surface area contributed by atoms with Crippen molar-refractivity contribution in [2.45, 2.75) is 125 Å². The van der Waals surface area contributed by atoms with Gasteiger partial charge >= 0.3 is 11.9 Å². The summed E-state index contributed by atoms with van der Waals surface area (Å²) in [6.45, 7) is 18.0. The van der Waals surface area contributed by atoms with Crippen LogP contribution in [-0.2, 0) is 23.8 Å². The summed E-state index contributed by atoms with van der Waals surface area (Å²) >= 11 is 0. The second kappa shape index (κ2) is 15.3. The molecule has 4 aliphatic rings. The maximum atomic E-state index is 12.1. The number of ether oxygens (including phenoxy) is 3. The van der Waals surface area contributed by atoms with Gasteiger partial charge in [-0.1, -0.05) is 65.5 Å². The molecule has 246 valence electrons. The second-order valence-electron chi connectivity index (χ2n) is 15.3. The molecule has 0 bridgehead atoms. The monoisotopic (exact) mass is 601 g/mol. The van der Waals surface area contributed by atoms with Crippen LogP contribution < -0.4 is 0 Å². The molecule has 43 heavy (non-hydrogen) atoms. The summed E-state index contributed by atoms with van der Waals surface area (Å²) in [6, 6.07) is 0. The number of fused-ring (bicyclic) bond motifs is 5. The van der Waals surface area contributed by atoms with Gasteiger partial charge in [-0.15, -0.1) is 0 Å². The molecule has 0 spiro atoms. The molecule has 0 aliphatic heterocycles. The summed E-state index contributed by atoms with van der Waals surface area (Å²) < 4.78 is 16.6. The molecule has 0 radical (unpaired) electrons. The van der Waals surface area contributed by atoms with E-state index in [2.05, 4.69) is 40.7 Å². The molecule has 6 heteroatoms. The number of hydrogen-bond donors (Lipinski definition) is 0. The summed E-state index contributed by atoms with van der Waals surface area (Å²) in [5, 5.41) is 0. The zero-order chi connectivity index (χ0) is 31.2. The van der Waals surface area contributed by atoms with Crippen molar-refractivity contribution < 1.29 is 23.8 Å². The minimum atomic E-state index is -0.320. The number of esters is 2. The molecule has 4 aliphatic carbocycles. The highest BCUT2D eigenvalue weighted by atomic mass is 16.5. The van der Waals surface area contributed by atoms with E-state index in [4.69, 9.17) is 14.2 Å². The fourth-order valence-electron chi connectivity index (χ4n) is 10.1. The standard InChI is InChI=1S/C37H63NO5/c1-8-41-34(39)24-38(25-35(40)42-9-2)21-22-43-29-17-19-36(6)28(23-29)13-14-30-32-16-15-31(27(5)12-10-11-26(3)4)37(32,7)20-18-33(30)36/h13,26-27,29-33H,8-12,14-25H2,1-7H3/t27-,29+,30?,31-,32?,33?,36+,37-/m1/s1. The molecule has 4 rings (SSSR count). The molecule has 0 N–H and O–H groups in total. The third-order valence-corrected chi connectivity index (χ3v) is 12.3. The third-order valence-electron chi connectivity index (χ3n) is 12.3. The summed E-state index contributed by atoms with van der Waals surface area (Å²) in [6.07, 6.45) is 17.3. The topological polar surface area (TPSA) is 65.1 Å². The Hall–Kier alpha value is -1.40. The smallest absolute Gasteiger partial charge is 0.320 e. The van der Waals surface area contributed by atoms with Crippen LogP contribution in [0.15, 0.2) is 11.6 Å². The highest BCUT2D eigenvalue weighted by Gasteiger charge is 2.59. The van der Waals surface area contributed by atoms with Crippen LogP contribution in [0.4, 0.5) is 0 Å². The minimum Gasteiger partial charge on any atom is -0.465 e. The lowest BCUT2D eigenvalue weighted by atomic mass is 9.47. The number of nitrogens with zero attached hydrogens (tertiary/aromatic N) is 1. The molecule has 6 nitrogen and oxygen atoms in total. The van der Waals surface area contributed by atoms with E-state index in [9.17, 15) is 9.59 Å². The van der Waals surface area contributed by atoms with E-state index in [-0.39, 0.29) is 31.1 Å². The summed E-state index contributed by atoms with van der Waals surface area (Å²) in [5.41, 5.74) is 2.48. The van der Waals surface area contributed by atoms with E-state index in [0.717, 1.165) is 48.3 Å². The van der Waals surface area contributed by atoms with Gasteiger partial charge in [-0.3, -0.25) is 14.5 Å². The molecule has 8 atom stereocenters. The summed E-state index contributed by atoms with van der Waals surface area (Å²) in [4.78, 5) is 26.0. The van der Waals surface area contributed by atoms with Crippen molar-refractivity contribution in [3.8, 4) is 0 Å². The zero-order valence-corrected chi connectivity index (χ0v) is 28.6. The van der Waals surface area contributed by atoms with Gasteiger partial charge in [0.05, 0.1) is 39.0 Å². The fourth-order valence-corrected chi connectivity index (χ4v) is 10.1. The number of carbonyl (C=O) groups excluding carboxylic acids is 2. The van der Waals surface area contributed by atoms with Crippen LogP contribution in [0.3, 0.4) is 0 Å². The molecule has 0 aromatic heterocycles. The normalized spacial score (nSPS) is 34.3. The molecule has 3 unspecified atom stereocenters. The third kappa shape index (κ3) is 8.07. The van der Waals surface area contributed by atoms with Crippen molar-refractivity contribution in [1.29, 1.82) is 0 Å². The Kier molecular flexibility index (Phi) is 12.2. The van der Waals surface area contributed by atoms with Crippen LogP contribution in [0, 0.1) is 46.3 Å². The molecule has 0 aromatic carbocycles. The van der Waals surface area contributed by atoms with Gasteiger partial charge in [0.15, 0.2) is 0 Å². The Balaban J connectivity index is 1.33. The van der Waals surface area contributed by atoms with Gasteiger partial charge < -0.3 is 14.2 Å². The van der Waals surface area contributed by atoms with Crippen LogP contribution in [0.5, 0.6) is 0 Å². The van der Waals surface area contributed by atoms with Gasteiger partial charge in [0.2, 0.25) is 0 Å². The highest BCUT2D eigenvalue weighted by molar-refractivity contribution is 5.75. The van der Waals surface area contributed by atoms with Crippen LogP contribution in [0.25, 0.3) is 0 Å². The highest BCUT2D eigenvalue weighted by Crippen LogP contribution is 2.67. The number of allylic oxidation sites excluding steroid dienone is 1. The predicted octanol–water partition coefficient (Wildman–Crippen LogP) is 7.84. The number of rotatable bonds is 15. The van der Waals surface area contributed by atoms with Crippen molar-refractivity contribution in [3.63, 3.8) is 0 Å². The molecule has 3 fully saturated rings. The molecule has 3 saturated carbocycles. The lowest BCUT2D eigenvalue weighted by Gasteiger charge is -2.58. The fraction of sp³-hybridized carbons (Fsp3) is 0.892. The number of carbonyl (C=O) groups is 2. The largest absolute Gasteiger partial charge is 0.465 e. The first-order valence-electron chi connectivity index (χ1n) is 17.9. The van der Waals surface area contributed by atoms with Crippen molar-refractivity contribution in [2.24, 2.45) is 46.3 Å². The van der Waals surface area contributed by atoms with Gasteiger partial charge in [-0.05, 0) is 112 Å². The first-order chi connectivity index (χ1) is 20.5. The van der Waals surface area contributed by atoms with E-state index >= 15 is 0 Å². The predicted molar refractivity (Wildman–Crippen MR) is 172 cm³/mol. The average Bonchev–Trinajstić information content (AvgIpc) is 3.30. The van der Waals surface area contributed by atoms with Crippen molar-refractivity contribution >= 4 is 11.9 Å². The maximum Gasteiger partial charge on any atom is 0.320 e. The van der Waals surface area contributed by atoms with Crippen molar-refractivity contribution in [1.82, 2.24) is 4.90 Å². The maximum absolute atomic E-state index is 12.1. The van der Waals surface area contributed by atoms with Gasteiger partial charge in [-0.2, -0.15) is 0 Å².